The predicted molar refractivity (Wildman–Crippen MR) is 80.6 cm³/mol. The summed E-state index contributed by atoms with van der Waals surface area (Å²) in [4.78, 5) is 12.0. The largest absolute Gasteiger partial charge is 0.508 e. The molecular weight excluding hydrogens is 292 g/mol. The molecule has 21 heavy (non-hydrogen) atoms. The number of aliphatic hydroxyl groups excluding tert-OH is 1. The molecular formula is C16H9ClO4. The van der Waals surface area contributed by atoms with Gasteiger partial charge in [-0.05, 0) is 24.3 Å². The molecule has 3 aromatic rings. The molecule has 0 radical (unpaired) electrons. The van der Waals surface area contributed by atoms with E-state index in [4.69, 9.17) is 21.1 Å². The van der Waals surface area contributed by atoms with Crippen LogP contribution in [0.1, 0.15) is 5.56 Å². The maximum atomic E-state index is 12.0. The predicted octanol–water partition coefficient (Wildman–Crippen LogP) is 2.65. The van der Waals surface area contributed by atoms with Crippen molar-refractivity contribution in [2.75, 3.05) is 6.61 Å². The number of aliphatic hydroxyl groups is 1. The standard InChI is InChI=1S/C16H9ClO4/c17-15-9(2-1-7-18)3-5-12-14(15)11-6-4-10(19)8-13(11)21-16(12)20/h3-6,8,18-19H,7H2. The van der Waals surface area contributed by atoms with Gasteiger partial charge in [-0.1, -0.05) is 23.4 Å². The van der Waals surface area contributed by atoms with E-state index in [1.807, 2.05) is 0 Å². The Labute approximate surface area is 124 Å². The second-order valence-electron chi connectivity index (χ2n) is 4.38. The van der Waals surface area contributed by atoms with Crippen LogP contribution >= 0.6 is 11.6 Å². The molecule has 0 spiro atoms. The lowest BCUT2D eigenvalue weighted by molar-refractivity contribution is 0.350. The zero-order chi connectivity index (χ0) is 15.0. The van der Waals surface area contributed by atoms with Gasteiger partial charge in [-0.15, -0.1) is 0 Å². The Morgan fingerprint density at radius 2 is 1.95 bits per heavy atom. The second-order valence-corrected chi connectivity index (χ2v) is 4.76. The summed E-state index contributed by atoms with van der Waals surface area (Å²) in [5.74, 6) is 5.26. The molecule has 3 rings (SSSR count). The fourth-order valence-corrected chi connectivity index (χ4v) is 2.51. The first-order chi connectivity index (χ1) is 10.1. The van der Waals surface area contributed by atoms with E-state index in [-0.39, 0.29) is 17.9 Å². The molecule has 104 valence electrons. The van der Waals surface area contributed by atoms with Crippen LogP contribution in [0.15, 0.2) is 39.5 Å². The van der Waals surface area contributed by atoms with E-state index in [0.29, 0.717) is 26.7 Å². The van der Waals surface area contributed by atoms with Crippen molar-refractivity contribution in [1.29, 1.82) is 0 Å². The molecule has 0 bridgehead atoms. The topological polar surface area (TPSA) is 70.7 Å². The maximum absolute atomic E-state index is 12.0. The summed E-state index contributed by atoms with van der Waals surface area (Å²) >= 11 is 6.34. The SMILES string of the molecule is O=c1oc2cc(O)ccc2c2c(Cl)c(C#CCO)ccc12. The molecule has 0 unspecified atom stereocenters. The summed E-state index contributed by atoms with van der Waals surface area (Å²) in [6.07, 6.45) is 0. The van der Waals surface area contributed by atoms with Crippen LogP contribution in [0.25, 0.3) is 21.7 Å². The Hall–Kier alpha value is -2.48. The average Bonchev–Trinajstić information content (AvgIpc) is 2.46. The van der Waals surface area contributed by atoms with Crippen molar-refractivity contribution in [1.82, 2.24) is 0 Å². The van der Waals surface area contributed by atoms with Gasteiger partial charge >= 0.3 is 5.63 Å². The Bertz CT molecular complexity index is 977. The molecule has 2 aromatic carbocycles. The third-order valence-electron chi connectivity index (χ3n) is 3.10. The van der Waals surface area contributed by atoms with Gasteiger partial charge in [-0.3, -0.25) is 0 Å². The average molecular weight is 301 g/mol. The van der Waals surface area contributed by atoms with Crippen molar-refractivity contribution in [3.05, 3.63) is 51.3 Å². The van der Waals surface area contributed by atoms with E-state index >= 15 is 0 Å². The highest BCUT2D eigenvalue weighted by Gasteiger charge is 2.13. The minimum absolute atomic E-state index is 0.00245. The van der Waals surface area contributed by atoms with E-state index in [0.717, 1.165) is 0 Å². The number of halogens is 1. The smallest absolute Gasteiger partial charge is 0.344 e. The second kappa shape index (κ2) is 5.13. The van der Waals surface area contributed by atoms with Crippen LogP contribution in [0, 0.1) is 11.8 Å². The first kappa shape index (κ1) is 13.5. The molecule has 0 fully saturated rings. The van der Waals surface area contributed by atoms with Crippen LogP contribution in [0.2, 0.25) is 5.02 Å². The normalized spacial score (nSPS) is 10.6. The van der Waals surface area contributed by atoms with Gasteiger partial charge in [0.25, 0.3) is 0 Å². The Kier molecular flexibility index (Phi) is 3.30. The molecule has 0 aliphatic rings. The zero-order valence-corrected chi connectivity index (χ0v) is 11.4. The van der Waals surface area contributed by atoms with Crippen molar-refractivity contribution in [3.8, 4) is 17.6 Å². The lowest BCUT2D eigenvalue weighted by atomic mass is 10.0. The summed E-state index contributed by atoms with van der Waals surface area (Å²) < 4.78 is 5.18. The van der Waals surface area contributed by atoms with Gasteiger partial charge in [-0.25, -0.2) is 4.79 Å². The lowest BCUT2D eigenvalue weighted by Crippen LogP contribution is -2.00. The zero-order valence-electron chi connectivity index (χ0n) is 10.7. The highest BCUT2D eigenvalue weighted by Crippen LogP contribution is 2.32. The number of benzene rings is 2. The highest BCUT2D eigenvalue weighted by atomic mass is 35.5. The van der Waals surface area contributed by atoms with Crippen molar-refractivity contribution in [2.24, 2.45) is 0 Å². The first-order valence-electron chi connectivity index (χ1n) is 6.09. The van der Waals surface area contributed by atoms with Crippen LogP contribution in [-0.4, -0.2) is 16.8 Å². The molecule has 0 saturated heterocycles. The van der Waals surface area contributed by atoms with Crippen molar-refractivity contribution in [2.45, 2.75) is 0 Å². The van der Waals surface area contributed by atoms with E-state index in [1.165, 1.54) is 12.1 Å². The van der Waals surface area contributed by atoms with Gasteiger partial charge in [0.15, 0.2) is 0 Å². The number of rotatable bonds is 0. The monoisotopic (exact) mass is 300 g/mol. The van der Waals surface area contributed by atoms with Crippen LogP contribution in [0.3, 0.4) is 0 Å². The molecule has 4 nitrogen and oxygen atoms in total. The van der Waals surface area contributed by atoms with Crippen LogP contribution in [0.5, 0.6) is 5.75 Å². The van der Waals surface area contributed by atoms with E-state index in [2.05, 4.69) is 11.8 Å². The third-order valence-corrected chi connectivity index (χ3v) is 3.49. The Morgan fingerprint density at radius 1 is 1.19 bits per heavy atom. The van der Waals surface area contributed by atoms with Crippen molar-refractivity contribution >= 4 is 33.3 Å². The number of hydrogen-bond donors (Lipinski definition) is 2. The fourth-order valence-electron chi connectivity index (χ4n) is 2.20. The Balaban J connectivity index is 2.50. The molecule has 1 heterocycles. The van der Waals surface area contributed by atoms with Crippen LogP contribution < -0.4 is 5.63 Å². The lowest BCUT2D eigenvalue weighted by Gasteiger charge is -2.06. The Morgan fingerprint density at radius 3 is 2.71 bits per heavy atom. The minimum atomic E-state index is -0.535. The van der Waals surface area contributed by atoms with Gasteiger partial charge in [0.1, 0.15) is 17.9 Å². The van der Waals surface area contributed by atoms with Gasteiger partial charge in [0.2, 0.25) is 0 Å². The molecule has 0 aliphatic carbocycles. The van der Waals surface area contributed by atoms with E-state index < -0.39 is 5.63 Å². The summed E-state index contributed by atoms with van der Waals surface area (Å²) in [6.45, 7) is -0.278. The third kappa shape index (κ3) is 2.23. The van der Waals surface area contributed by atoms with E-state index in [1.54, 1.807) is 18.2 Å². The molecule has 1 aromatic heterocycles. The summed E-state index contributed by atoms with van der Waals surface area (Å²) in [5.41, 5.74) is 0.228. The summed E-state index contributed by atoms with van der Waals surface area (Å²) in [5, 5.41) is 20.0. The number of phenols is 1. The summed E-state index contributed by atoms with van der Waals surface area (Å²) in [7, 11) is 0. The molecule has 2 N–H and O–H groups in total. The highest BCUT2D eigenvalue weighted by molar-refractivity contribution is 6.38. The fraction of sp³-hybridized carbons (Fsp3) is 0.0625. The summed E-state index contributed by atoms with van der Waals surface area (Å²) in [6, 6.07) is 7.67. The number of fused-ring (bicyclic) bond motifs is 3. The van der Waals surface area contributed by atoms with Crippen molar-refractivity contribution < 1.29 is 14.6 Å². The van der Waals surface area contributed by atoms with E-state index in [9.17, 15) is 9.90 Å². The first-order valence-corrected chi connectivity index (χ1v) is 6.47. The van der Waals surface area contributed by atoms with Crippen LogP contribution in [0.4, 0.5) is 0 Å². The van der Waals surface area contributed by atoms with Crippen molar-refractivity contribution in [3.63, 3.8) is 0 Å². The number of phenolic OH excluding ortho intramolecular Hbond substituents is 1. The maximum Gasteiger partial charge on any atom is 0.344 e. The van der Waals surface area contributed by atoms with Gasteiger partial charge in [-0.2, -0.15) is 0 Å². The van der Waals surface area contributed by atoms with Gasteiger partial charge in [0.05, 0.1) is 10.4 Å². The minimum Gasteiger partial charge on any atom is -0.508 e. The van der Waals surface area contributed by atoms with Gasteiger partial charge in [0, 0.05) is 22.4 Å². The molecule has 0 saturated carbocycles. The molecule has 5 heteroatoms. The number of aromatic hydroxyl groups is 1. The quantitative estimate of drug-likeness (QED) is 0.380. The number of hydrogen-bond acceptors (Lipinski definition) is 4. The molecule has 0 amide bonds. The molecule has 0 atom stereocenters. The molecule has 0 aliphatic heterocycles. The van der Waals surface area contributed by atoms with Crippen LogP contribution in [-0.2, 0) is 0 Å². The van der Waals surface area contributed by atoms with Gasteiger partial charge < -0.3 is 14.6 Å².